The standard InChI is InChI=1S/C27H22N2O3S/c1-3-23(32-27(31)19-16-17(2)28-20-11-5-4-10-18(19)20)26(30)29-21-12-6-8-14-24(21)33-25-15-9-7-13-22(25)29/h4-16,23H,3H2,1-2H3/t23-/m0/s1. The smallest absolute Gasteiger partial charge is 0.339 e. The number of carbonyl (C=O) groups is 2. The normalized spacial score (nSPS) is 13.2. The lowest BCUT2D eigenvalue weighted by Gasteiger charge is -2.33. The number of benzene rings is 3. The largest absolute Gasteiger partial charge is 0.449 e. The molecule has 3 aromatic carbocycles. The minimum absolute atomic E-state index is 0.263. The number of aromatic nitrogens is 1. The fourth-order valence-corrected chi connectivity index (χ4v) is 5.12. The Hall–Kier alpha value is -3.64. The number of hydrogen-bond acceptors (Lipinski definition) is 5. The Morgan fingerprint density at radius 3 is 2.21 bits per heavy atom. The first kappa shape index (κ1) is 21.2. The van der Waals surface area contributed by atoms with Crippen molar-refractivity contribution in [3.8, 4) is 0 Å². The van der Waals surface area contributed by atoms with Gasteiger partial charge >= 0.3 is 5.97 Å². The predicted octanol–water partition coefficient (Wildman–Crippen LogP) is 6.31. The minimum Gasteiger partial charge on any atom is -0.449 e. The zero-order valence-corrected chi connectivity index (χ0v) is 19.1. The van der Waals surface area contributed by atoms with Crippen molar-refractivity contribution in [1.29, 1.82) is 0 Å². The summed E-state index contributed by atoms with van der Waals surface area (Å²) in [6, 6.07) is 24.7. The highest BCUT2D eigenvalue weighted by atomic mass is 32.2. The highest BCUT2D eigenvalue weighted by Crippen LogP contribution is 2.48. The van der Waals surface area contributed by atoms with E-state index in [1.54, 1.807) is 22.7 Å². The van der Waals surface area contributed by atoms with Crippen LogP contribution < -0.4 is 4.90 Å². The third kappa shape index (κ3) is 3.87. The van der Waals surface area contributed by atoms with Crippen molar-refractivity contribution in [2.75, 3.05) is 4.90 Å². The Morgan fingerprint density at radius 2 is 1.55 bits per heavy atom. The highest BCUT2D eigenvalue weighted by molar-refractivity contribution is 7.99. The molecule has 0 radical (unpaired) electrons. The number of anilines is 2. The molecule has 0 spiro atoms. The summed E-state index contributed by atoms with van der Waals surface area (Å²) in [6.45, 7) is 3.69. The van der Waals surface area contributed by atoms with Crippen molar-refractivity contribution in [3.63, 3.8) is 0 Å². The molecule has 0 saturated heterocycles. The first-order chi connectivity index (χ1) is 16.1. The van der Waals surface area contributed by atoms with Crippen LogP contribution in [0.15, 0.2) is 88.7 Å². The molecule has 33 heavy (non-hydrogen) atoms. The fraction of sp³-hybridized carbons (Fsp3) is 0.148. The molecule has 1 atom stereocenters. The van der Waals surface area contributed by atoms with Crippen molar-refractivity contribution in [2.45, 2.75) is 36.2 Å². The van der Waals surface area contributed by atoms with Crippen molar-refractivity contribution < 1.29 is 14.3 Å². The molecule has 1 aliphatic heterocycles. The maximum Gasteiger partial charge on any atom is 0.339 e. The summed E-state index contributed by atoms with van der Waals surface area (Å²) in [5.41, 5.74) is 3.45. The summed E-state index contributed by atoms with van der Waals surface area (Å²) in [6.07, 6.45) is -0.561. The summed E-state index contributed by atoms with van der Waals surface area (Å²) in [5.74, 6) is -0.786. The van der Waals surface area contributed by atoms with Gasteiger partial charge in [-0.3, -0.25) is 14.7 Å². The van der Waals surface area contributed by atoms with Gasteiger partial charge in [0, 0.05) is 20.9 Å². The molecule has 0 fully saturated rings. The highest BCUT2D eigenvalue weighted by Gasteiger charge is 2.34. The summed E-state index contributed by atoms with van der Waals surface area (Å²) in [5, 5.41) is 0.709. The van der Waals surface area contributed by atoms with Gasteiger partial charge in [-0.05, 0) is 49.7 Å². The van der Waals surface area contributed by atoms with Gasteiger partial charge in [0.1, 0.15) is 0 Å². The number of fused-ring (bicyclic) bond motifs is 3. The van der Waals surface area contributed by atoms with E-state index in [1.165, 1.54) is 0 Å². The number of rotatable bonds is 4. The van der Waals surface area contributed by atoms with E-state index < -0.39 is 12.1 Å². The van der Waals surface area contributed by atoms with Gasteiger partial charge in [-0.25, -0.2) is 4.79 Å². The van der Waals surface area contributed by atoms with Gasteiger partial charge in [-0.1, -0.05) is 61.2 Å². The summed E-state index contributed by atoms with van der Waals surface area (Å²) >= 11 is 1.63. The summed E-state index contributed by atoms with van der Waals surface area (Å²) in [7, 11) is 0. The van der Waals surface area contributed by atoms with Gasteiger partial charge in [-0.15, -0.1) is 0 Å². The monoisotopic (exact) mass is 454 g/mol. The Kier molecular flexibility index (Phi) is 5.60. The Labute approximate surface area is 196 Å². The Morgan fingerprint density at radius 1 is 0.939 bits per heavy atom. The van der Waals surface area contributed by atoms with Crippen LogP contribution in [0.3, 0.4) is 0 Å². The van der Waals surface area contributed by atoms with Crippen molar-refractivity contribution >= 4 is 45.9 Å². The number of ether oxygens (including phenoxy) is 1. The van der Waals surface area contributed by atoms with Crippen molar-refractivity contribution in [2.24, 2.45) is 0 Å². The number of amides is 1. The van der Waals surface area contributed by atoms with Crippen LogP contribution in [0.1, 0.15) is 29.4 Å². The van der Waals surface area contributed by atoms with E-state index in [9.17, 15) is 9.59 Å². The second-order valence-corrected chi connectivity index (χ2v) is 8.93. The molecule has 1 aromatic heterocycles. The fourth-order valence-electron chi connectivity index (χ4n) is 4.06. The maximum absolute atomic E-state index is 13.8. The summed E-state index contributed by atoms with van der Waals surface area (Å²) < 4.78 is 5.83. The molecule has 2 heterocycles. The SMILES string of the molecule is CC[C@H](OC(=O)c1cc(C)nc2ccccc12)C(=O)N1c2ccccc2Sc2ccccc21. The predicted molar refractivity (Wildman–Crippen MR) is 130 cm³/mol. The van der Waals surface area contributed by atoms with Gasteiger partial charge in [0.05, 0.1) is 22.5 Å². The number of hydrogen-bond donors (Lipinski definition) is 0. The number of esters is 1. The third-order valence-electron chi connectivity index (χ3n) is 5.61. The summed E-state index contributed by atoms with van der Waals surface area (Å²) in [4.78, 5) is 35.2. The zero-order valence-electron chi connectivity index (χ0n) is 18.3. The van der Waals surface area contributed by atoms with Crippen LogP contribution in [0.4, 0.5) is 11.4 Å². The first-order valence-electron chi connectivity index (χ1n) is 10.8. The number of pyridine rings is 1. The van der Waals surface area contributed by atoms with E-state index >= 15 is 0 Å². The average molecular weight is 455 g/mol. The van der Waals surface area contributed by atoms with Crippen LogP contribution in [0, 0.1) is 6.92 Å². The van der Waals surface area contributed by atoms with Crippen LogP contribution in [0.25, 0.3) is 10.9 Å². The van der Waals surface area contributed by atoms with E-state index in [1.807, 2.05) is 86.6 Å². The van der Waals surface area contributed by atoms with E-state index in [4.69, 9.17) is 4.74 Å². The van der Waals surface area contributed by atoms with Crippen LogP contribution in [0.2, 0.25) is 0 Å². The van der Waals surface area contributed by atoms with Gasteiger partial charge in [-0.2, -0.15) is 0 Å². The van der Waals surface area contributed by atoms with Gasteiger partial charge in [0.15, 0.2) is 6.10 Å². The van der Waals surface area contributed by atoms with E-state index in [0.717, 1.165) is 32.4 Å². The number of para-hydroxylation sites is 3. The molecular formula is C27H22N2O3S. The Bertz CT molecular complexity index is 1340. The molecule has 0 bridgehead atoms. The van der Waals surface area contributed by atoms with Gasteiger partial charge in [0.2, 0.25) is 0 Å². The topological polar surface area (TPSA) is 59.5 Å². The molecule has 0 saturated carbocycles. The van der Waals surface area contributed by atoms with Crippen LogP contribution in [-0.2, 0) is 9.53 Å². The maximum atomic E-state index is 13.8. The number of carbonyl (C=O) groups excluding carboxylic acids is 2. The molecule has 0 aliphatic carbocycles. The lowest BCUT2D eigenvalue weighted by molar-refractivity contribution is -0.126. The molecule has 5 nitrogen and oxygen atoms in total. The van der Waals surface area contributed by atoms with E-state index in [2.05, 4.69) is 4.98 Å². The lowest BCUT2D eigenvalue weighted by Crippen LogP contribution is -2.39. The molecule has 1 aliphatic rings. The minimum atomic E-state index is -0.922. The first-order valence-corrected chi connectivity index (χ1v) is 11.7. The molecule has 0 unspecified atom stereocenters. The number of nitrogens with zero attached hydrogens (tertiary/aromatic N) is 2. The molecule has 1 amide bonds. The van der Waals surface area contributed by atoms with E-state index in [-0.39, 0.29) is 5.91 Å². The third-order valence-corrected chi connectivity index (χ3v) is 6.74. The lowest BCUT2D eigenvalue weighted by atomic mass is 10.1. The molecule has 5 rings (SSSR count). The average Bonchev–Trinajstić information content (AvgIpc) is 2.84. The second-order valence-electron chi connectivity index (χ2n) is 7.84. The second kappa shape index (κ2) is 8.71. The molecule has 164 valence electrons. The zero-order chi connectivity index (χ0) is 22.9. The molecule has 6 heteroatoms. The molecule has 4 aromatic rings. The quantitative estimate of drug-likeness (QED) is 0.338. The molecule has 0 N–H and O–H groups in total. The van der Waals surface area contributed by atoms with Crippen LogP contribution in [0.5, 0.6) is 0 Å². The van der Waals surface area contributed by atoms with Gasteiger partial charge < -0.3 is 4.74 Å². The Balaban J connectivity index is 1.50. The van der Waals surface area contributed by atoms with Crippen molar-refractivity contribution in [1.82, 2.24) is 4.98 Å². The van der Waals surface area contributed by atoms with Crippen LogP contribution in [-0.4, -0.2) is 23.0 Å². The van der Waals surface area contributed by atoms with Crippen LogP contribution >= 0.6 is 11.8 Å². The number of aryl methyl sites for hydroxylation is 1. The van der Waals surface area contributed by atoms with Gasteiger partial charge in [0.25, 0.3) is 5.91 Å². The molecular weight excluding hydrogens is 432 g/mol. The van der Waals surface area contributed by atoms with E-state index in [0.29, 0.717) is 17.4 Å². The van der Waals surface area contributed by atoms with Crippen molar-refractivity contribution in [3.05, 3.63) is 90.1 Å².